The second kappa shape index (κ2) is 8.32. The number of pyridine rings is 1. The van der Waals surface area contributed by atoms with Crippen LogP contribution in [-0.4, -0.2) is 47.5 Å². The number of anilines is 1. The lowest BCUT2D eigenvalue weighted by Gasteiger charge is -2.20. The second-order valence-corrected chi connectivity index (χ2v) is 9.79. The fourth-order valence-corrected chi connectivity index (χ4v) is 5.15. The molecule has 2 saturated carbocycles. The largest absolute Gasteiger partial charge is 0.381 e. The Morgan fingerprint density at radius 1 is 1.17 bits per heavy atom. The Balaban J connectivity index is 1.43. The Morgan fingerprint density at radius 3 is 2.40 bits per heavy atom. The number of likely N-dealkylation sites (tertiary alicyclic amines) is 1. The van der Waals surface area contributed by atoms with Crippen molar-refractivity contribution in [2.45, 2.75) is 43.8 Å². The molecule has 1 aromatic carbocycles. The number of hydrogen-bond acceptors (Lipinski definition) is 4. The van der Waals surface area contributed by atoms with Crippen molar-refractivity contribution in [1.82, 2.24) is 14.8 Å². The number of fused-ring (bicyclic) bond motifs is 1. The molecule has 1 amide bonds. The molecule has 0 bridgehead atoms. The summed E-state index contributed by atoms with van der Waals surface area (Å²) in [5.74, 6) is -4.17. The standard InChI is InChI=1S/C24H25F5N4O2/c1-11(12-4-3-5-13(20(12)25)22(26)27)30-23(35)16-10-33(18-7-24(18,28)29)19(34)6-17(16)31-21-14-8-32(2)9-15(14)21/h3-6,10-11,14-15,18,21-22,31H,7-9H2,1-2H3,(H,30,35)/t11-,14-,15+,18+,21+/m1/s1. The van der Waals surface area contributed by atoms with Gasteiger partial charge in [-0.3, -0.25) is 9.59 Å². The summed E-state index contributed by atoms with van der Waals surface area (Å²) in [5.41, 5.74) is -1.39. The lowest BCUT2D eigenvalue weighted by atomic mass is 10.0. The Morgan fingerprint density at radius 2 is 1.80 bits per heavy atom. The summed E-state index contributed by atoms with van der Waals surface area (Å²) in [4.78, 5) is 28.0. The molecule has 188 valence electrons. The number of carbonyl (C=O) groups is 1. The molecule has 2 aliphatic carbocycles. The van der Waals surface area contributed by atoms with Crippen LogP contribution in [0.3, 0.4) is 0 Å². The zero-order chi connectivity index (χ0) is 25.2. The first-order valence-corrected chi connectivity index (χ1v) is 11.4. The number of nitrogens with zero attached hydrogens (tertiary/aromatic N) is 2. The molecule has 1 aliphatic heterocycles. The smallest absolute Gasteiger partial charge is 0.270 e. The van der Waals surface area contributed by atoms with Crippen molar-refractivity contribution in [3.63, 3.8) is 0 Å². The molecule has 6 nitrogen and oxygen atoms in total. The SMILES string of the molecule is C[C@@H](NC(=O)c1cn([C@H]2CC2(F)F)c(=O)cc1N[C@H]1[C@@H]2CN(C)C[C@@H]21)c1cccc(C(F)F)c1F. The average Bonchev–Trinajstić information content (AvgIpc) is 3.54. The van der Waals surface area contributed by atoms with E-state index in [2.05, 4.69) is 15.5 Å². The fraction of sp³-hybridized carbons (Fsp3) is 0.500. The second-order valence-electron chi connectivity index (χ2n) is 9.79. The lowest BCUT2D eigenvalue weighted by Crippen LogP contribution is -2.32. The molecule has 0 radical (unpaired) electrons. The molecule has 5 rings (SSSR count). The lowest BCUT2D eigenvalue weighted by molar-refractivity contribution is 0.0930. The van der Waals surface area contributed by atoms with E-state index in [9.17, 15) is 31.5 Å². The molecule has 5 atom stereocenters. The number of carbonyl (C=O) groups excluding carboxylic acids is 1. The van der Waals surface area contributed by atoms with E-state index < -0.39 is 53.7 Å². The van der Waals surface area contributed by atoms with Crippen molar-refractivity contribution >= 4 is 11.6 Å². The van der Waals surface area contributed by atoms with Gasteiger partial charge in [0, 0.05) is 43.4 Å². The van der Waals surface area contributed by atoms with Crippen LogP contribution in [0.15, 0.2) is 35.3 Å². The van der Waals surface area contributed by atoms with Gasteiger partial charge >= 0.3 is 0 Å². The van der Waals surface area contributed by atoms with Crippen LogP contribution in [0.2, 0.25) is 0 Å². The molecular weight excluding hydrogens is 471 g/mol. The Labute approximate surface area is 198 Å². The zero-order valence-electron chi connectivity index (χ0n) is 19.1. The summed E-state index contributed by atoms with van der Waals surface area (Å²) in [6.45, 7) is 3.17. The van der Waals surface area contributed by atoms with Crippen LogP contribution in [0.4, 0.5) is 27.6 Å². The van der Waals surface area contributed by atoms with E-state index in [4.69, 9.17) is 0 Å². The highest BCUT2D eigenvalue weighted by molar-refractivity contribution is 5.99. The van der Waals surface area contributed by atoms with Gasteiger partial charge in [-0.15, -0.1) is 0 Å². The van der Waals surface area contributed by atoms with Gasteiger partial charge < -0.3 is 20.1 Å². The number of piperidine rings is 1. The van der Waals surface area contributed by atoms with Gasteiger partial charge in [0.1, 0.15) is 11.9 Å². The van der Waals surface area contributed by atoms with E-state index in [0.717, 1.165) is 36.0 Å². The minimum atomic E-state index is -3.03. The van der Waals surface area contributed by atoms with Crippen molar-refractivity contribution in [2.75, 3.05) is 25.5 Å². The third-order valence-electron chi connectivity index (χ3n) is 7.26. The van der Waals surface area contributed by atoms with Gasteiger partial charge in [-0.05, 0) is 25.8 Å². The number of hydrogen-bond donors (Lipinski definition) is 2. The Hall–Kier alpha value is -2.95. The van der Waals surface area contributed by atoms with E-state index in [0.29, 0.717) is 11.8 Å². The number of nitrogens with one attached hydrogen (secondary N) is 2. The van der Waals surface area contributed by atoms with E-state index in [1.54, 1.807) is 0 Å². The normalized spacial score (nSPS) is 27.4. The van der Waals surface area contributed by atoms with Crippen LogP contribution in [0.25, 0.3) is 0 Å². The Bertz CT molecular complexity index is 1220. The molecule has 3 fully saturated rings. The maximum absolute atomic E-state index is 14.6. The summed E-state index contributed by atoms with van der Waals surface area (Å²) in [6, 6.07) is 2.40. The third kappa shape index (κ3) is 4.30. The molecular formula is C24H25F5N4O2. The van der Waals surface area contributed by atoms with Crippen LogP contribution < -0.4 is 16.2 Å². The Kier molecular flexibility index (Phi) is 5.65. The maximum Gasteiger partial charge on any atom is 0.270 e. The topological polar surface area (TPSA) is 66.4 Å². The molecule has 35 heavy (non-hydrogen) atoms. The van der Waals surface area contributed by atoms with Crippen LogP contribution in [-0.2, 0) is 0 Å². The van der Waals surface area contributed by atoms with Gasteiger partial charge in [-0.2, -0.15) is 0 Å². The number of aromatic nitrogens is 1. The van der Waals surface area contributed by atoms with Crippen molar-refractivity contribution in [3.8, 4) is 0 Å². The monoisotopic (exact) mass is 496 g/mol. The summed E-state index contributed by atoms with van der Waals surface area (Å²) in [6.07, 6.45) is -2.41. The molecule has 1 saturated heterocycles. The van der Waals surface area contributed by atoms with E-state index in [-0.39, 0.29) is 22.9 Å². The predicted molar refractivity (Wildman–Crippen MR) is 118 cm³/mol. The minimum Gasteiger partial charge on any atom is -0.381 e. The molecule has 11 heteroatoms. The summed E-state index contributed by atoms with van der Waals surface area (Å²) >= 11 is 0. The highest BCUT2D eigenvalue weighted by atomic mass is 19.3. The number of alkyl halides is 4. The molecule has 2 N–H and O–H groups in total. The van der Waals surface area contributed by atoms with Crippen molar-refractivity contribution in [2.24, 2.45) is 11.8 Å². The van der Waals surface area contributed by atoms with Crippen molar-refractivity contribution in [3.05, 3.63) is 63.3 Å². The molecule has 2 aromatic rings. The molecule has 2 heterocycles. The zero-order valence-corrected chi connectivity index (χ0v) is 19.1. The summed E-state index contributed by atoms with van der Waals surface area (Å²) in [5, 5.41) is 5.79. The van der Waals surface area contributed by atoms with Gasteiger partial charge in [-0.25, -0.2) is 22.0 Å². The van der Waals surface area contributed by atoms with E-state index >= 15 is 0 Å². The molecule has 3 aliphatic rings. The average molecular weight is 496 g/mol. The summed E-state index contributed by atoms with van der Waals surface area (Å²) < 4.78 is 69.0. The minimum absolute atomic E-state index is 0.0390. The number of halogens is 5. The number of benzene rings is 1. The van der Waals surface area contributed by atoms with Gasteiger partial charge in [0.15, 0.2) is 0 Å². The van der Waals surface area contributed by atoms with Gasteiger partial charge in [0.05, 0.1) is 22.9 Å². The third-order valence-corrected chi connectivity index (χ3v) is 7.26. The first kappa shape index (κ1) is 23.8. The van der Waals surface area contributed by atoms with E-state index in [1.165, 1.54) is 19.1 Å². The van der Waals surface area contributed by atoms with Crippen LogP contribution >= 0.6 is 0 Å². The van der Waals surface area contributed by atoms with Gasteiger partial charge in [-0.1, -0.05) is 18.2 Å². The van der Waals surface area contributed by atoms with Crippen molar-refractivity contribution in [1.29, 1.82) is 0 Å². The number of amides is 1. The fourth-order valence-electron chi connectivity index (χ4n) is 5.15. The van der Waals surface area contributed by atoms with Gasteiger partial charge in [0.2, 0.25) is 0 Å². The van der Waals surface area contributed by atoms with E-state index in [1.807, 2.05) is 7.05 Å². The highest BCUT2D eigenvalue weighted by Crippen LogP contribution is 2.52. The van der Waals surface area contributed by atoms with Gasteiger partial charge in [0.25, 0.3) is 23.8 Å². The molecule has 0 unspecified atom stereocenters. The van der Waals surface area contributed by atoms with Crippen LogP contribution in [0, 0.1) is 17.7 Å². The first-order chi connectivity index (χ1) is 16.5. The molecule has 0 spiro atoms. The predicted octanol–water partition coefficient (Wildman–Crippen LogP) is 3.97. The first-order valence-electron chi connectivity index (χ1n) is 11.4. The summed E-state index contributed by atoms with van der Waals surface area (Å²) in [7, 11) is 2.00. The van der Waals surface area contributed by atoms with Crippen molar-refractivity contribution < 1.29 is 26.7 Å². The quantitative estimate of drug-likeness (QED) is 0.570. The molecule has 1 aromatic heterocycles. The number of rotatable bonds is 7. The maximum atomic E-state index is 14.6. The van der Waals surface area contributed by atoms with Crippen LogP contribution in [0.5, 0.6) is 0 Å². The van der Waals surface area contributed by atoms with Crippen LogP contribution in [0.1, 0.15) is 53.3 Å². The highest BCUT2D eigenvalue weighted by Gasteiger charge is 2.59.